The molecule has 2 fully saturated rings. The van der Waals surface area contributed by atoms with Crippen molar-refractivity contribution in [1.29, 1.82) is 5.26 Å². The third-order valence-corrected chi connectivity index (χ3v) is 4.38. The zero-order chi connectivity index (χ0) is 13.9. The Morgan fingerprint density at radius 2 is 1.79 bits per heavy atom. The van der Waals surface area contributed by atoms with Gasteiger partial charge in [-0.25, -0.2) is 4.90 Å². The molecular weight excluding hydrogens is 240 g/mol. The van der Waals surface area contributed by atoms with Gasteiger partial charge >= 0.3 is 0 Å². The molecule has 0 N–H and O–H groups in total. The number of hydrogen-bond acceptors (Lipinski definition) is 3. The molecule has 1 aliphatic heterocycles. The van der Waals surface area contributed by atoms with E-state index in [0.717, 1.165) is 5.56 Å². The Hall–Kier alpha value is -2.15. The topological polar surface area (TPSA) is 61.2 Å². The zero-order valence-electron chi connectivity index (χ0n) is 11.1. The molecular formula is C15H14N2O2. The predicted octanol–water partition coefficient (Wildman–Crippen LogP) is 2.01. The van der Waals surface area contributed by atoms with Crippen molar-refractivity contribution in [3.63, 3.8) is 0 Å². The Labute approximate surface area is 111 Å². The second kappa shape index (κ2) is 3.45. The Bertz CT molecular complexity index is 631. The number of anilines is 1. The van der Waals surface area contributed by atoms with Crippen LogP contribution in [0.3, 0.4) is 0 Å². The van der Waals surface area contributed by atoms with Gasteiger partial charge in [0.25, 0.3) is 0 Å². The fourth-order valence-electron chi connectivity index (χ4n) is 3.10. The maximum Gasteiger partial charge on any atom is 0.238 e. The molecule has 1 heterocycles. The van der Waals surface area contributed by atoms with Crippen LogP contribution in [-0.4, -0.2) is 11.8 Å². The van der Waals surface area contributed by atoms with Gasteiger partial charge in [0.15, 0.2) is 0 Å². The van der Waals surface area contributed by atoms with E-state index in [1.165, 1.54) is 4.90 Å². The van der Waals surface area contributed by atoms with Crippen LogP contribution in [0.1, 0.15) is 25.0 Å². The highest BCUT2D eigenvalue weighted by atomic mass is 16.2. The maximum absolute atomic E-state index is 12.3. The number of hydrogen-bond donors (Lipinski definition) is 0. The van der Waals surface area contributed by atoms with Gasteiger partial charge in [-0.05, 0) is 30.0 Å². The SMILES string of the molecule is Cc1ccc(C#N)cc1N1C(=O)C2C(C1=O)C2(C)C. The summed E-state index contributed by atoms with van der Waals surface area (Å²) in [6.45, 7) is 5.74. The molecule has 4 nitrogen and oxygen atoms in total. The number of rotatable bonds is 1. The van der Waals surface area contributed by atoms with Crippen LogP contribution in [0.5, 0.6) is 0 Å². The molecule has 19 heavy (non-hydrogen) atoms. The number of amides is 2. The number of nitriles is 1. The molecule has 0 bridgehead atoms. The van der Waals surface area contributed by atoms with E-state index in [1.807, 2.05) is 26.8 Å². The number of carbonyl (C=O) groups is 2. The lowest BCUT2D eigenvalue weighted by atomic mass is 10.0. The van der Waals surface area contributed by atoms with Crippen LogP contribution < -0.4 is 4.90 Å². The van der Waals surface area contributed by atoms with Crippen molar-refractivity contribution in [3.8, 4) is 6.07 Å². The molecule has 4 heteroatoms. The first-order chi connectivity index (χ1) is 8.89. The monoisotopic (exact) mass is 254 g/mol. The van der Waals surface area contributed by atoms with Crippen molar-refractivity contribution in [2.75, 3.05) is 4.90 Å². The summed E-state index contributed by atoms with van der Waals surface area (Å²) >= 11 is 0. The molecule has 2 atom stereocenters. The van der Waals surface area contributed by atoms with Crippen LogP contribution >= 0.6 is 0 Å². The highest BCUT2D eigenvalue weighted by Crippen LogP contribution is 2.63. The smallest absolute Gasteiger partial charge is 0.238 e. The Morgan fingerprint density at radius 3 is 2.32 bits per heavy atom. The van der Waals surface area contributed by atoms with E-state index in [4.69, 9.17) is 5.26 Å². The lowest BCUT2D eigenvalue weighted by molar-refractivity contribution is -0.125. The van der Waals surface area contributed by atoms with Crippen LogP contribution in [0.2, 0.25) is 0 Å². The first kappa shape index (κ1) is 11.9. The molecule has 0 radical (unpaired) electrons. The summed E-state index contributed by atoms with van der Waals surface area (Å²) in [5.41, 5.74) is 1.64. The second-order valence-electron chi connectivity index (χ2n) is 5.90. The first-order valence-corrected chi connectivity index (χ1v) is 6.28. The Morgan fingerprint density at radius 1 is 1.21 bits per heavy atom. The zero-order valence-corrected chi connectivity index (χ0v) is 11.1. The minimum absolute atomic E-state index is 0.127. The summed E-state index contributed by atoms with van der Waals surface area (Å²) in [4.78, 5) is 26.0. The van der Waals surface area contributed by atoms with Crippen LogP contribution in [0.25, 0.3) is 0 Å². The lowest BCUT2D eigenvalue weighted by Crippen LogP contribution is -2.36. The molecule has 1 saturated carbocycles. The van der Waals surface area contributed by atoms with E-state index in [0.29, 0.717) is 11.3 Å². The van der Waals surface area contributed by atoms with Gasteiger partial charge in [-0.3, -0.25) is 9.59 Å². The number of piperidine rings is 1. The molecule has 1 aromatic rings. The fourth-order valence-corrected chi connectivity index (χ4v) is 3.10. The van der Waals surface area contributed by atoms with Crippen LogP contribution in [-0.2, 0) is 9.59 Å². The average molecular weight is 254 g/mol. The van der Waals surface area contributed by atoms with Gasteiger partial charge in [0, 0.05) is 0 Å². The first-order valence-electron chi connectivity index (χ1n) is 6.28. The summed E-state index contributed by atoms with van der Waals surface area (Å²) in [6.07, 6.45) is 0. The summed E-state index contributed by atoms with van der Waals surface area (Å²) in [7, 11) is 0. The van der Waals surface area contributed by atoms with E-state index < -0.39 is 0 Å². The van der Waals surface area contributed by atoms with E-state index >= 15 is 0 Å². The van der Waals surface area contributed by atoms with Gasteiger partial charge in [-0.2, -0.15) is 5.26 Å². The predicted molar refractivity (Wildman–Crippen MR) is 69.1 cm³/mol. The number of nitrogens with zero attached hydrogens (tertiary/aromatic N) is 2. The molecule has 0 spiro atoms. The highest BCUT2D eigenvalue weighted by molar-refractivity contribution is 6.26. The molecule has 1 aromatic carbocycles. The molecule has 0 aromatic heterocycles. The van der Waals surface area contributed by atoms with E-state index in [1.54, 1.807) is 18.2 Å². The minimum atomic E-state index is -0.203. The van der Waals surface area contributed by atoms with Crippen molar-refractivity contribution < 1.29 is 9.59 Å². The molecule has 1 aliphatic carbocycles. The normalized spacial score (nSPS) is 27.2. The van der Waals surface area contributed by atoms with Crippen molar-refractivity contribution in [1.82, 2.24) is 0 Å². The van der Waals surface area contributed by atoms with Gasteiger partial charge < -0.3 is 0 Å². The van der Waals surface area contributed by atoms with Gasteiger partial charge in [0.05, 0.1) is 29.2 Å². The summed E-state index contributed by atoms with van der Waals surface area (Å²) in [6, 6.07) is 7.11. The lowest BCUT2D eigenvalue weighted by Gasteiger charge is -2.22. The number of carbonyl (C=O) groups excluding carboxylic acids is 2. The molecule has 2 amide bonds. The molecule has 2 unspecified atom stereocenters. The van der Waals surface area contributed by atoms with Gasteiger partial charge in [-0.1, -0.05) is 19.9 Å². The molecule has 96 valence electrons. The summed E-state index contributed by atoms with van der Waals surface area (Å²) < 4.78 is 0. The van der Waals surface area contributed by atoms with Crippen molar-refractivity contribution in [2.45, 2.75) is 20.8 Å². The van der Waals surface area contributed by atoms with E-state index in [-0.39, 0.29) is 29.1 Å². The highest BCUT2D eigenvalue weighted by Gasteiger charge is 2.72. The Kier molecular flexibility index (Phi) is 2.16. The van der Waals surface area contributed by atoms with Gasteiger partial charge in [0.2, 0.25) is 11.8 Å². The van der Waals surface area contributed by atoms with Crippen LogP contribution in [0.4, 0.5) is 5.69 Å². The Balaban J connectivity index is 2.04. The maximum atomic E-state index is 12.3. The molecule has 3 rings (SSSR count). The summed E-state index contributed by atoms with van der Waals surface area (Å²) in [5, 5.41) is 8.93. The van der Waals surface area contributed by atoms with Gasteiger partial charge in [0.1, 0.15) is 0 Å². The fraction of sp³-hybridized carbons (Fsp3) is 0.400. The van der Waals surface area contributed by atoms with Crippen LogP contribution in [0, 0.1) is 35.5 Å². The van der Waals surface area contributed by atoms with Gasteiger partial charge in [-0.15, -0.1) is 0 Å². The minimum Gasteiger partial charge on any atom is -0.274 e. The standard InChI is InChI=1S/C15H14N2O2/c1-8-4-5-9(7-16)6-10(8)17-13(18)11-12(14(17)19)15(11,2)3/h4-6,11-12H,1-3H3. The third-order valence-electron chi connectivity index (χ3n) is 4.38. The van der Waals surface area contributed by atoms with Crippen LogP contribution in [0.15, 0.2) is 18.2 Å². The number of benzene rings is 1. The van der Waals surface area contributed by atoms with Crippen molar-refractivity contribution in [2.24, 2.45) is 17.3 Å². The number of imide groups is 1. The summed E-state index contributed by atoms with van der Waals surface area (Å²) in [5.74, 6) is -0.633. The van der Waals surface area contributed by atoms with Crippen molar-refractivity contribution in [3.05, 3.63) is 29.3 Å². The molecule has 2 aliphatic rings. The largest absolute Gasteiger partial charge is 0.274 e. The number of fused-ring (bicyclic) bond motifs is 1. The van der Waals surface area contributed by atoms with E-state index in [2.05, 4.69) is 0 Å². The second-order valence-corrected chi connectivity index (χ2v) is 5.90. The molecule has 1 saturated heterocycles. The van der Waals surface area contributed by atoms with Crippen molar-refractivity contribution >= 4 is 17.5 Å². The average Bonchev–Trinajstić information content (AvgIpc) is 2.82. The third kappa shape index (κ3) is 1.39. The number of aryl methyl sites for hydroxylation is 1. The van der Waals surface area contributed by atoms with E-state index in [9.17, 15) is 9.59 Å². The quantitative estimate of drug-likeness (QED) is 0.720.